The first-order valence-corrected chi connectivity index (χ1v) is 10.4. The van der Waals surface area contributed by atoms with E-state index >= 15 is 0 Å². The third kappa shape index (κ3) is 6.03. The Labute approximate surface area is 202 Å². The molecule has 0 aliphatic heterocycles. The number of carboxylic acid groups (broad SMARTS) is 1. The number of carboxylic acids is 1. The Bertz CT molecular complexity index is 1300. The molecule has 5 nitrogen and oxygen atoms in total. The number of carbonyl (C=O) groups is 1. The van der Waals surface area contributed by atoms with Crippen LogP contribution in [0.2, 0.25) is 10.0 Å². The highest BCUT2D eigenvalue weighted by Crippen LogP contribution is 2.31. The molecule has 4 aromatic rings. The minimum absolute atomic E-state index is 0.198. The summed E-state index contributed by atoms with van der Waals surface area (Å²) in [5, 5.41) is 16.3. The summed E-state index contributed by atoms with van der Waals surface area (Å²) in [5.41, 5.74) is 3.78. The van der Waals surface area contributed by atoms with Crippen molar-refractivity contribution in [2.75, 3.05) is 0 Å². The number of hydrogen-bond acceptors (Lipinski definition) is 3. The largest absolute Gasteiger partial charge is 0.490 e. The van der Waals surface area contributed by atoms with Gasteiger partial charge in [-0.05, 0) is 23.8 Å². The van der Waals surface area contributed by atoms with Crippen molar-refractivity contribution in [3.8, 4) is 28.3 Å². The van der Waals surface area contributed by atoms with E-state index in [2.05, 4.69) is 4.98 Å². The maximum atomic E-state index is 10.6. The van der Waals surface area contributed by atoms with Crippen LogP contribution in [0.1, 0.15) is 0 Å². The minimum Gasteiger partial charge on any atom is -0.475 e. The molecule has 4 rings (SSSR count). The Hall–Kier alpha value is -3.62. The fourth-order valence-corrected chi connectivity index (χ4v) is 3.28. The topological polar surface area (TPSA) is 79.0 Å². The molecule has 3 aromatic carbocycles. The number of rotatable bonds is 3. The lowest BCUT2D eigenvalue weighted by Gasteiger charge is -2.19. The van der Waals surface area contributed by atoms with Gasteiger partial charge in [0.2, 0.25) is 0 Å². The van der Waals surface area contributed by atoms with Crippen LogP contribution in [0.3, 0.4) is 0 Å². The maximum absolute atomic E-state index is 10.6. The zero-order chi connectivity index (χ0) is 24.9. The molecular weight excluding hydrogens is 490 g/mol. The molecule has 1 aromatic heterocycles. The molecule has 10 heteroatoms. The number of nitrogens with one attached hydrogen (secondary N) is 1. The Balaban J connectivity index is 0.000000406. The first-order valence-electron chi connectivity index (χ1n) is 9.63. The van der Waals surface area contributed by atoms with Crippen molar-refractivity contribution < 1.29 is 23.1 Å². The lowest BCUT2D eigenvalue weighted by Crippen LogP contribution is -2.21. The number of aliphatic carboxylic acids is 1. The number of benzene rings is 3. The van der Waals surface area contributed by atoms with Crippen LogP contribution in [-0.4, -0.2) is 26.8 Å². The molecule has 0 radical (unpaired) electrons. The van der Waals surface area contributed by atoms with Gasteiger partial charge in [-0.3, -0.25) is 9.98 Å². The molecule has 34 heavy (non-hydrogen) atoms. The highest BCUT2D eigenvalue weighted by atomic mass is 35.5. The van der Waals surface area contributed by atoms with Gasteiger partial charge in [0, 0.05) is 17.3 Å². The van der Waals surface area contributed by atoms with Crippen molar-refractivity contribution in [3.05, 3.63) is 100 Å². The second-order valence-electron chi connectivity index (χ2n) is 6.82. The molecule has 0 bridgehead atoms. The quantitative estimate of drug-likeness (QED) is 0.328. The number of aromatic nitrogens is 2. The SMILES string of the molecule is N=c1cc(-c2ccccc2)n(-c2ccc(Cl)c(Cl)c2)c(-c2ccccc2)n1.O=C(O)C(F)(F)F. The summed E-state index contributed by atoms with van der Waals surface area (Å²) in [7, 11) is 0. The monoisotopic (exact) mass is 505 g/mol. The fourth-order valence-electron chi connectivity index (χ4n) is 2.99. The van der Waals surface area contributed by atoms with Crippen LogP contribution in [0, 0.1) is 5.41 Å². The standard InChI is InChI=1S/C22H15Cl2N3.C2HF3O2/c23-18-12-11-17(13-19(18)24)27-20(15-7-3-1-4-8-15)14-21(25)26-22(27)16-9-5-2-6-10-16;3-2(4,5)1(6)7/h1-14,25H;(H,6,7). The Morgan fingerprint density at radius 3 is 1.88 bits per heavy atom. The van der Waals surface area contributed by atoms with Crippen molar-refractivity contribution in [2.24, 2.45) is 0 Å². The smallest absolute Gasteiger partial charge is 0.475 e. The Morgan fingerprint density at radius 1 is 0.853 bits per heavy atom. The zero-order valence-corrected chi connectivity index (χ0v) is 18.7. The van der Waals surface area contributed by atoms with Gasteiger partial charge in [0.15, 0.2) is 0 Å². The maximum Gasteiger partial charge on any atom is 0.490 e. The molecule has 0 amide bonds. The second-order valence-corrected chi connectivity index (χ2v) is 7.63. The van der Waals surface area contributed by atoms with Gasteiger partial charge in [0.25, 0.3) is 0 Å². The summed E-state index contributed by atoms with van der Waals surface area (Å²) in [4.78, 5) is 13.4. The van der Waals surface area contributed by atoms with Gasteiger partial charge in [-0.2, -0.15) is 13.2 Å². The van der Waals surface area contributed by atoms with Gasteiger partial charge in [0.05, 0.1) is 15.7 Å². The van der Waals surface area contributed by atoms with Crippen LogP contribution in [0.5, 0.6) is 0 Å². The summed E-state index contributed by atoms with van der Waals surface area (Å²) >= 11 is 12.4. The third-order valence-electron chi connectivity index (χ3n) is 4.46. The second kappa shape index (κ2) is 10.5. The van der Waals surface area contributed by atoms with E-state index in [9.17, 15) is 13.2 Å². The Kier molecular flexibility index (Phi) is 7.75. The van der Waals surface area contributed by atoms with Crippen LogP contribution in [0.4, 0.5) is 13.2 Å². The normalized spacial score (nSPS) is 10.9. The summed E-state index contributed by atoms with van der Waals surface area (Å²) < 4.78 is 33.7. The molecule has 0 spiro atoms. The van der Waals surface area contributed by atoms with E-state index in [1.54, 1.807) is 12.1 Å². The third-order valence-corrected chi connectivity index (χ3v) is 5.20. The van der Waals surface area contributed by atoms with Gasteiger partial charge in [-0.1, -0.05) is 83.9 Å². The lowest BCUT2D eigenvalue weighted by atomic mass is 10.1. The highest BCUT2D eigenvalue weighted by Gasteiger charge is 2.38. The van der Waals surface area contributed by atoms with Gasteiger partial charge in [-0.15, -0.1) is 0 Å². The number of alkyl halides is 3. The molecule has 0 saturated heterocycles. The molecule has 0 fully saturated rings. The minimum atomic E-state index is -5.08. The summed E-state index contributed by atoms with van der Waals surface area (Å²) in [6.45, 7) is 0. The van der Waals surface area contributed by atoms with Crippen molar-refractivity contribution in [1.29, 1.82) is 5.41 Å². The van der Waals surface area contributed by atoms with Gasteiger partial charge in [0.1, 0.15) is 11.3 Å². The molecule has 0 aliphatic rings. The van der Waals surface area contributed by atoms with Crippen molar-refractivity contribution in [1.82, 2.24) is 9.55 Å². The average Bonchev–Trinajstić information content (AvgIpc) is 2.81. The molecule has 0 unspecified atom stereocenters. The zero-order valence-electron chi connectivity index (χ0n) is 17.2. The number of nitrogens with zero attached hydrogens (tertiary/aromatic N) is 2. The first kappa shape index (κ1) is 25.0. The first-order chi connectivity index (χ1) is 16.1. The van der Waals surface area contributed by atoms with Crippen molar-refractivity contribution in [3.63, 3.8) is 0 Å². The molecule has 0 aliphatic carbocycles. The van der Waals surface area contributed by atoms with Crippen LogP contribution < -0.4 is 5.49 Å². The predicted octanol–water partition coefficient (Wildman–Crippen LogP) is 6.63. The fraction of sp³-hybridized carbons (Fsp3) is 0.0417. The Morgan fingerprint density at radius 2 is 1.38 bits per heavy atom. The molecule has 174 valence electrons. The van der Waals surface area contributed by atoms with Gasteiger partial charge >= 0.3 is 12.1 Å². The summed E-state index contributed by atoms with van der Waals surface area (Å²) in [6, 6.07) is 27.0. The summed E-state index contributed by atoms with van der Waals surface area (Å²) in [6.07, 6.45) is -5.08. The lowest BCUT2D eigenvalue weighted by molar-refractivity contribution is -0.192. The molecule has 0 atom stereocenters. The van der Waals surface area contributed by atoms with Crippen LogP contribution >= 0.6 is 23.2 Å². The van der Waals surface area contributed by atoms with E-state index in [1.165, 1.54) is 0 Å². The number of hydrogen-bond donors (Lipinski definition) is 2. The van der Waals surface area contributed by atoms with E-state index in [-0.39, 0.29) is 5.49 Å². The molecule has 2 N–H and O–H groups in total. The highest BCUT2D eigenvalue weighted by molar-refractivity contribution is 6.42. The van der Waals surface area contributed by atoms with E-state index in [0.29, 0.717) is 15.9 Å². The van der Waals surface area contributed by atoms with E-state index in [1.807, 2.05) is 77.4 Å². The molecular formula is C24H16Cl2F3N3O2. The van der Waals surface area contributed by atoms with E-state index in [0.717, 1.165) is 22.5 Å². The number of halogens is 5. The summed E-state index contributed by atoms with van der Waals surface area (Å²) in [5.74, 6) is -2.09. The van der Waals surface area contributed by atoms with Crippen LogP contribution in [0.15, 0.2) is 84.9 Å². The average molecular weight is 506 g/mol. The van der Waals surface area contributed by atoms with E-state index < -0.39 is 12.1 Å². The van der Waals surface area contributed by atoms with Crippen LogP contribution in [-0.2, 0) is 4.79 Å². The van der Waals surface area contributed by atoms with Gasteiger partial charge < -0.3 is 5.11 Å². The van der Waals surface area contributed by atoms with E-state index in [4.69, 9.17) is 38.5 Å². The molecule has 1 heterocycles. The van der Waals surface area contributed by atoms with Gasteiger partial charge in [-0.25, -0.2) is 9.78 Å². The van der Waals surface area contributed by atoms with Crippen molar-refractivity contribution >= 4 is 29.2 Å². The predicted molar refractivity (Wildman–Crippen MR) is 124 cm³/mol. The van der Waals surface area contributed by atoms with Crippen LogP contribution in [0.25, 0.3) is 28.3 Å². The van der Waals surface area contributed by atoms with Crippen molar-refractivity contribution in [2.45, 2.75) is 6.18 Å². The molecule has 0 saturated carbocycles.